The first-order chi connectivity index (χ1) is 8.38. The third-order valence-electron chi connectivity index (χ3n) is 3.56. The van der Waals surface area contributed by atoms with E-state index in [-0.39, 0.29) is 12.1 Å². The second-order valence-corrected chi connectivity index (χ2v) is 5.47. The number of likely N-dealkylation sites (tertiary alicyclic amines) is 1. The SMILES string of the molecule is CCC1CCCCCN1C(=O)NC(C)(C)C(=O)O. The molecule has 1 unspecified atom stereocenters. The van der Waals surface area contributed by atoms with Crippen molar-refractivity contribution in [1.82, 2.24) is 10.2 Å². The van der Waals surface area contributed by atoms with Gasteiger partial charge in [0.05, 0.1) is 0 Å². The summed E-state index contributed by atoms with van der Waals surface area (Å²) in [6, 6.07) is -0.0201. The van der Waals surface area contributed by atoms with E-state index in [1.54, 1.807) is 4.90 Å². The van der Waals surface area contributed by atoms with Crippen molar-refractivity contribution in [2.75, 3.05) is 6.54 Å². The summed E-state index contributed by atoms with van der Waals surface area (Å²) >= 11 is 0. The van der Waals surface area contributed by atoms with E-state index in [4.69, 9.17) is 5.11 Å². The van der Waals surface area contributed by atoms with E-state index in [1.165, 1.54) is 13.8 Å². The molecule has 0 aromatic carbocycles. The molecule has 0 radical (unpaired) electrons. The van der Waals surface area contributed by atoms with Crippen LogP contribution in [-0.2, 0) is 4.79 Å². The van der Waals surface area contributed by atoms with E-state index in [0.29, 0.717) is 0 Å². The van der Waals surface area contributed by atoms with Crippen molar-refractivity contribution in [3.63, 3.8) is 0 Å². The average molecular weight is 256 g/mol. The molecule has 2 N–H and O–H groups in total. The Kier molecular flexibility index (Phi) is 4.99. The zero-order valence-electron chi connectivity index (χ0n) is 11.5. The third-order valence-corrected chi connectivity index (χ3v) is 3.56. The summed E-state index contributed by atoms with van der Waals surface area (Å²) < 4.78 is 0. The van der Waals surface area contributed by atoms with Crippen molar-refractivity contribution in [2.24, 2.45) is 0 Å². The molecule has 5 nitrogen and oxygen atoms in total. The molecule has 0 bridgehead atoms. The number of urea groups is 1. The predicted molar refractivity (Wildman–Crippen MR) is 69.5 cm³/mol. The quantitative estimate of drug-likeness (QED) is 0.813. The van der Waals surface area contributed by atoms with Crippen molar-refractivity contribution < 1.29 is 14.7 Å². The Morgan fingerprint density at radius 2 is 2.00 bits per heavy atom. The molecule has 1 heterocycles. The molecule has 5 heteroatoms. The molecule has 0 aromatic rings. The first-order valence-electron chi connectivity index (χ1n) is 6.70. The number of carboxylic acid groups (broad SMARTS) is 1. The van der Waals surface area contributed by atoms with Crippen LogP contribution >= 0.6 is 0 Å². The molecule has 1 saturated heterocycles. The standard InChI is InChI=1S/C13H24N2O3/c1-4-10-8-6-5-7-9-15(10)12(18)14-13(2,3)11(16)17/h10H,4-9H2,1-3H3,(H,14,18)(H,16,17). The number of hydrogen-bond donors (Lipinski definition) is 2. The van der Waals surface area contributed by atoms with Crippen molar-refractivity contribution in [3.8, 4) is 0 Å². The summed E-state index contributed by atoms with van der Waals surface area (Å²) in [5.41, 5.74) is -1.22. The molecule has 0 aromatic heterocycles. The van der Waals surface area contributed by atoms with Gasteiger partial charge in [0.15, 0.2) is 0 Å². The third kappa shape index (κ3) is 3.62. The van der Waals surface area contributed by atoms with E-state index >= 15 is 0 Å². The minimum atomic E-state index is -1.22. The summed E-state index contributed by atoms with van der Waals surface area (Å²) in [6.07, 6.45) is 5.21. The van der Waals surface area contributed by atoms with Gasteiger partial charge in [-0.2, -0.15) is 0 Å². The second kappa shape index (κ2) is 6.07. The minimum absolute atomic E-state index is 0.233. The lowest BCUT2D eigenvalue weighted by Crippen LogP contribution is -2.56. The lowest BCUT2D eigenvalue weighted by molar-refractivity contribution is -0.143. The molecule has 104 valence electrons. The van der Waals surface area contributed by atoms with Crippen LogP contribution in [0, 0.1) is 0 Å². The van der Waals surface area contributed by atoms with Crippen molar-refractivity contribution in [2.45, 2.75) is 64.5 Å². The fourth-order valence-electron chi connectivity index (χ4n) is 2.26. The summed E-state index contributed by atoms with van der Waals surface area (Å²) in [6.45, 7) is 5.80. The molecular weight excluding hydrogens is 232 g/mol. The highest BCUT2D eigenvalue weighted by molar-refractivity contribution is 5.85. The Hall–Kier alpha value is -1.26. The van der Waals surface area contributed by atoms with Gasteiger partial charge in [-0.05, 0) is 33.1 Å². The predicted octanol–water partition coefficient (Wildman–Crippen LogP) is 2.21. The zero-order chi connectivity index (χ0) is 13.8. The highest BCUT2D eigenvalue weighted by atomic mass is 16.4. The Bertz CT molecular complexity index is 315. The summed E-state index contributed by atoms with van der Waals surface area (Å²) in [7, 11) is 0. The highest BCUT2D eigenvalue weighted by Gasteiger charge is 2.33. The maximum atomic E-state index is 12.2. The maximum Gasteiger partial charge on any atom is 0.328 e. The smallest absolute Gasteiger partial charge is 0.328 e. The molecule has 2 amide bonds. The van der Waals surface area contributed by atoms with Gasteiger partial charge in [-0.3, -0.25) is 0 Å². The van der Waals surface area contributed by atoms with E-state index in [1.807, 2.05) is 0 Å². The normalized spacial score (nSPS) is 21.3. The molecule has 1 aliphatic rings. The zero-order valence-corrected chi connectivity index (χ0v) is 11.5. The fraction of sp³-hybridized carbons (Fsp3) is 0.846. The number of carbonyl (C=O) groups is 2. The molecule has 1 rings (SSSR count). The lowest BCUT2D eigenvalue weighted by atomic mass is 10.1. The van der Waals surface area contributed by atoms with Crippen LogP contribution in [0.25, 0.3) is 0 Å². The summed E-state index contributed by atoms with van der Waals surface area (Å²) in [5, 5.41) is 11.6. The highest BCUT2D eigenvalue weighted by Crippen LogP contribution is 2.19. The second-order valence-electron chi connectivity index (χ2n) is 5.47. The Balaban J connectivity index is 2.71. The minimum Gasteiger partial charge on any atom is -0.480 e. The van der Waals surface area contributed by atoms with E-state index in [9.17, 15) is 9.59 Å². The van der Waals surface area contributed by atoms with Gasteiger partial charge in [0.25, 0.3) is 0 Å². The molecule has 0 aliphatic carbocycles. The number of carboxylic acids is 1. The van der Waals surface area contributed by atoms with Crippen molar-refractivity contribution in [1.29, 1.82) is 0 Å². The van der Waals surface area contributed by atoms with Gasteiger partial charge >= 0.3 is 12.0 Å². The monoisotopic (exact) mass is 256 g/mol. The summed E-state index contributed by atoms with van der Waals surface area (Å²) in [5.74, 6) is -1.02. The van der Waals surface area contributed by atoms with Gasteiger partial charge in [-0.25, -0.2) is 9.59 Å². The lowest BCUT2D eigenvalue weighted by Gasteiger charge is -2.32. The molecule has 0 saturated carbocycles. The van der Waals surface area contributed by atoms with Crippen LogP contribution in [0.3, 0.4) is 0 Å². The Morgan fingerprint density at radius 3 is 2.56 bits per heavy atom. The molecule has 0 spiro atoms. The first-order valence-corrected chi connectivity index (χ1v) is 6.70. The van der Waals surface area contributed by atoms with E-state index in [2.05, 4.69) is 12.2 Å². The number of aliphatic carboxylic acids is 1. The average Bonchev–Trinajstić information content (AvgIpc) is 2.52. The summed E-state index contributed by atoms with van der Waals surface area (Å²) in [4.78, 5) is 25.0. The number of rotatable bonds is 3. The molecule has 18 heavy (non-hydrogen) atoms. The number of amides is 2. The number of hydrogen-bond acceptors (Lipinski definition) is 2. The van der Waals surface area contributed by atoms with E-state index in [0.717, 1.165) is 38.6 Å². The Morgan fingerprint density at radius 1 is 1.33 bits per heavy atom. The van der Waals surface area contributed by atoms with Gasteiger partial charge < -0.3 is 15.3 Å². The van der Waals surface area contributed by atoms with Gasteiger partial charge in [0.2, 0.25) is 0 Å². The molecule has 1 aliphatic heterocycles. The maximum absolute atomic E-state index is 12.2. The van der Waals surface area contributed by atoms with E-state index < -0.39 is 11.5 Å². The van der Waals surface area contributed by atoms with Gasteiger partial charge in [0, 0.05) is 12.6 Å². The van der Waals surface area contributed by atoms with Crippen LogP contribution in [0.2, 0.25) is 0 Å². The Labute approximate surface area is 109 Å². The van der Waals surface area contributed by atoms with Crippen LogP contribution in [0.5, 0.6) is 0 Å². The van der Waals surface area contributed by atoms with Crippen LogP contribution in [-0.4, -0.2) is 40.1 Å². The van der Waals surface area contributed by atoms with Crippen molar-refractivity contribution in [3.05, 3.63) is 0 Å². The van der Waals surface area contributed by atoms with Gasteiger partial charge in [-0.15, -0.1) is 0 Å². The fourth-order valence-corrected chi connectivity index (χ4v) is 2.26. The van der Waals surface area contributed by atoms with Gasteiger partial charge in [-0.1, -0.05) is 19.8 Å². The number of carbonyl (C=O) groups excluding carboxylic acids is 1. The molecular formula is C13H24N2O3. The largest absolute Gasteiger partial charge is 0.480 e. The number of nitrogens with one attached hydrogen (secondary N) is 1. The van der Waals surface area contributed by atoms with Crippen LogP contribution < -0.4 is 5.32 Å². The molecule has 1 atom stereocenters. The van der Waals surface area contributed by atoms with Crippen LogP contribution in [0.4, 0.5) is 4.79 Å². The topological polar surface area (TPSA) is 69.6 Å². The van der Waals surface area contributed by atoms with Gasteiger partial charge in [0.1, 0.15) is 5.54 Å². The van der Waals surface area contributed by atoms with Crippen LogP contribution in [0.1, 0.15) is 52.9 Å². The molecule has 1 fully saturated rings. The first kappa shape index (κ1) is 14.8. The van der Waals surface area contributed by atoms with Crippen LogP contribution in [0.15, 0.2) is 0 Å². The number of nitrogens with zero attached hydrogens (tertiary/aromatic N) is 1. The van der Waals surface area contributed by atoms with Crippen molar-refractivity contribution >= 4 is 12.0 Å².